The van der Waals surface area contributed by atoms with Crippen LogP contribution in [0.3, 0.4) is 0 Å². The molecule has 2 N–H and O–H groups in total. The predicted octanol–water partition coefficient (Wildman–Crippen LogP) is 3.48. The van der Waals surface area contributed by atoms with E-state index in [2.05, 4.69) is 6.07 Å². The molecule has 0 aliphatic heterocycles. The van der Waals surface area contributed by atoms with Gasteiger partial charge >= 0.3 is 0 Å². The molecule has 2 aromatic rings. The van der Waals surface area contributed by atoms with Crippen molar-refractivity contribution in [2.45, 2.75) is 13.0 Å². The number of nitrogens with zero attached hydrogens (tertiary/aromatic N) is 2. The third-order valence-corrected chi connectivity index (χ3v) is 3.23. The normalized spacial score (nSPS) is 11.8. The van der Waals surface area contributed by atoms with Crippen LogP contribution in [0.2, 0.25) is 0 Å². The minimum absolute atomic E-state index is 0.307. The molecule has 2 aromatic carbocycles. The molecule has 4 heteroatoms. The summed E-state index contributed by atoms with van der Waals surface area (Å²) in [5.74, 6) is -0.307. The Balaban J connectivity index is 2.45. The van der Waals surface area contributed by atoms with Crippen LogP contribution < -0.4 is 10.6 Å². The van der Waals surface area contributed by atoms with Gasteiger partial charge in [0.25, 0.3) is 0 Å². The van der Waals surface area contributed by atoms with Gasteiger partial charge in [0.05, 0.1) is 11.6 Å². The lowest BCUT2D eigenvalue weighted by Crippen LogP contribution is -2.17. The van der Waals surface area contributed by atoms with E-state index in [1.807, 2.05) is 30.1 Å². The van der Waals surface area contributed by atoms with Crippen LogP contribution in [0, 0.1) is 17.1 Å². The van der Waals surface area contributed by atoms with E-state index in [1.165, 1.54) is 6.07 Å². The number of nitriles is 1. The van der Waals surface area contributed by atoms with Gasteiger partial charge in [-0.25, -0.2) is 4.39 Å². The van der Waals surface area contributed by atoms with Crippen molar-refractivity contribution in [3.8, 4) is 6.07 Å². The lowest BCUT2D eigenvalue weighted by molar-refractivity contribution is 0.594. The Morgan fingerprint density at radius 1 is 1.20 bits per heavy atom. The highest BCUT2D eigenvalue weighted by atomic mass is 19.1. The fourth-order valence-corrected chi connectivity index (χ4v) is 2.17. The zero-order valence-corrected chi connectivity index (χ0v) is 11.5. The molecule has 0 heterocycles. The largest absolute Gasteiger partial charge is 0.344 e. The van der Waals surface area contributed by atoms with Gasteiger partial charge < -0.3 is 10.6 Å². The molecule has 1 unspecified atom stereocenters. The summed E-state index contributed by atoms with van der Waals surface area (Å²) in [5, 5.41) is 8.81. The summed E-state index contributed by atoms with van der Waals surface area (Å²) in [6.07, 6.45) is 0. The average Bonchev–Trinajstić information content (AvgIpc) is 2.46. The molecule has 0 amide bonds. The molecule has 0 bridgehead atoms. The Morgan fingerprint density at radius 2 is 1.85 bits per heavy atom. The second kappa shape index (κ2) is 5.72. The lowest BCUT2D eigenvalue weighted by atomic mass is 10.0. The van der Waals surface area contributed by atoms with Crippen molar-refractivity contribution in [3.05, 3.63) is 59.4 Å². The number of anilines is 2. The highest BCUT2D eigenvalue weighted by Crippen LogP contribution is 2.31. The molecule has 0 aliphatic rings. The van der Waals surface area contributed by atoms with Crippen LogP contribution in [0.15, 0.2) is 42.5 Å². The predicted molar refractivity (Wildman–Crippen MR) is 78.2 cm³/mol. The van der Waals surface area contributed by atoms with Gasteiger partial charge in [0.2, 0.25) is 0 Å². The molecule has 102 valence electrons. The number of rotatable bonds is 3. The van der Waals surface area contributed by atoms with Gasteiger partial charge in [0, 0.05) is 30.0 Å². The van der Waals surface area contributed by atoms with E-state index in [0.717, 1.165) is 11.4 Å². The van der Waals surface area contributed by atoms with E-state index < -0.39 is 6.04 Å². The number of benzene rings is 2. The van der Waals surface area contributed by atoms with Crippen molar-refractivity contribution >= 4 is 11.4 Å². The highest BCUT2D eigenvalue weighted by Gasteiger charge is 2.16. The van der Waals surface area contributed by atoms with E-state index >= 15 is 0 Å². The third-order valence-electron chi connectivity index (χ3n) is 3.23. The fourth-order valence-electron chi connectivity index (χ4n) is 2.17. The molecule has 0 spiro atoms. The Kier molecular flexibility index (Phi) is 4.02. The van der Waals surface area contributed by atoms with Gasteiger partial charge in [-0.05, 0) is 43.3 Å². The molecular weight excluding hydrogens is 253 g/mol. The van der Waals surface area contributed by atoms with Crippen molar-refractivity contribution in [2.24, 2.45) is 5.73 Å². The maximum atomic E-state index is 13.9. The number of halogens is 1. The van der Waals surface area contributed by atoms with Crippen molar-refractivity contribution in [2.75, 3.05) is 11.9 Å². The smallest absolute Gasteiger partial charge is 0.130 e. The van der Waals surface area contributed by atoms with Crippen LogP contribution in [0.25, 0.3) is 0 Å². The van der Waals surface area contributed by atoms with Crippen molar-refractivity contribution < 1.29 is 4.39 Å². The van der Waals surface area contributed by atoms with Crippen LogP contribution in [0.1, 0.15) is 24.1 Å². The minimum Gasteiger partial charge on any atom is -0.344 e. The van der Waals surface area contributed by atoms with Crippen molar-refractivity contribution in [1.29, 1.82) is 5.26 Å². The Labute approximate surface area is 118 Å². The van der Waals surface area contributed by atoms with Crippen LogP contribution in [-0.2, 0) is 0 Å². The fraction of sp³-hybridized carbons (Fsp3) is 0.188. The molecule has 0 radical (unpaired) electrons. The van der Waals surface area contributed by atoms with Crippen LogP contribution in [0.5, 0.6) is 0 Å². The van der Waals surface area contributed by atoms with Gasteiger partial charge in [-0.15, -0.1) is 0 Å². The summed E-state index contributed by atoms with van der Waals surface area (Å²) < 4.78 is 13.9. The Bertz CT molecular complexity index is 642. The monoisotopic (exact) mass is 269 g/mol. The molecule has 0 aliphatic carbocycles. The summed E-state index contributed by atoms with van der Waals surface area (Å²) in [7, 11) is 1.85. The Morgan fingerprint density at radius 3 is 2.40 bits per heavy atom. The third kappa shape index (κ3) is 2.63. The maximum Gasteiger partial charge on any atom is 0.130 e. The van der Waals surface area contributed by atoms with E-state index in [-0.39, 0.29) is 5.82 Å². The Hall–Kier alpha value is -2.38. The summed E-state index contributed by atoms with van der Waals surface area (Å²) >= 11 is 0. The first-order valence-corrected chi connectivity index (χ1v) is 6.32. The molecule has 0 saturated carbocycles. The summed E-state index contributed by atoms with van der Waals surface area (Å²) in [6, 6.07) is 13.7. The first-order chi connectivity index (χ1) is 9.54. The van der Waals surface area contributed by atoms with Gasteiger partial charge in [-0.1, -0.05) is 6.07 Å². The molecule has 0 aromatic heterocycles. The van der Waals surface area contributed by atoms with E-state index in [1.54, 1.807) is 25.1 Å². The molecule has 0 fully saturated rings. The van der Waals surface area contributed by atoms with Crippen LogP contribution >= 0.6 is 0 Å². The first kappa shape index (κ1) is 14.0. The molecule has 2 rings (SSSR count). The summed E-state index contributed by atoms with van der Waals surface area (Å²) in [4.78, 5) is 1.86. The van der Waals surface area contributed by atoms with Crippen molar-refractivity contribution in [3.63, 3.8) is 0 Å². The van der Waals surface area contributed by atoms with Crippen LogP contribution in [0.4, 0.5) is 15.8 Å². The molecule has 1 atom stereocenters. The van der Waals surface area contributed by atoms with Gasteiger partial charge in [-0.3, -0.25) is 0 Å². The topological polar surface area (TPSA) is 53.0 Å². The first-order valence-electron chi connectivity index (χ1n) is 6.32. The van der Waals surface area contributed by atoms with E-state index in [4.69, 9.17) is 11.0 Å². The standard InChI is InChI=1S/C16H16FN3/c1-11(19)16-14(17)4-3-5-15(16)20(2)13-8-6-12(10-18)7-9-13/h3-9,11H,19H2,1-2H3. The van der Waals surface area contributed by atoms with E-state index in [0.29, 0.717) is 11.1 Å². The summed E-state index contributed by atoms with van der Waals surface area (Å²) in [6.45, 7) is 1.76. The molecule has 3 nitrogen and oxygen atoms in total. The van der Waals surface area contributed by atoms with E-state index in [9.17, 15) is 4.39 Å². The number of hydrogen-bond acceptors (Lipinski definition) is 3. The van der Waals surface area contributed by atoms with Crippen LogP contribution in [-0.4, -0.2) is 7.05 Å². The van der Waals surface area contributed by atoms with Gasteiger partial charge in [0.1, 0.15) is 5.82 Å². The zero-order chi connectivity index (χ0) is 14.7. The SMILES string of the molecule is CC(N)c1c(F)cccc1N(C)c1ccc(C#N)cc1. The molecule has 0 saturated heterocycles. The second-order valence-electron chi connectivity index (χ2n) is 4.68. The maximum absolute atomic E-state index is 13.9. The second-order valence-corrected chi connectivity index (χ2v) is 4.68. The summed E-state index contributed by atoms with van der Waals surface area (Å²) in [5.41, 5.74) is 8.54. The molecule has 20 heavy (non-hydrogen) atoms. The average molecular weight is 269 g/mol. The van der Waals surface area contributed by atoms with Gasteiger partial charge in [0.15, 0.2) is 0 Å². The molecular formula is C16H16FN3. The van der Waals surface area contributed by atoms with Gasteiger partial charge in [-0.2, -0.15) is 5.26 Å². The zero-order valence-electron chi connectivity index (χ0n) is 11.5. The quantitative estimate of drug-likeness (QED) is 0.928. The van der Waals surface area contributed by atoms with Crippen molar-refractivity contribution in [1.82, 2.24) is 0 Å². The highest BCUT2D eigenvalue weighted by molar-refractivity contribution is 5.67. The number of nitrogens with two attached hydrogens (primary N) is 1. The number of hydrogen-bond donors (Lipinski definition) is 1. The lowest BCUT2D eigenvalue weighted by Gasteiger charge is -2.24. The minimum atomic E-state index is -0.396.